The highest BCUT2D eigenvalue weighted by Crippen LogP contribution is 2.24. The first kappa shape index (κ1) is 13.9. The van der Waals surface area contributed by atoms with Crippen molar-refractivity contribution in [3.8, 4) is 0 Å². The first-order chi connectivity index (χ1) is 10.2. The average molecular weight is 288 g/mol. The Bertz CT molecular complexity index is 644. The van der Waals surface area contributed by atoms with E-state index in [0.717, 1.165) is 36.5 Å². The molecule has 1 aliphatic heterocycles. The monoisotopic (exact) mass is 288 g/mol. The molecule has 0 radical (unpaired) electrons. The lowest BCUT2D eigenvalue weighted by Gasteiger charge is -2.31. The zero-order valence-electron chi connectivity index (χ0n) is 11.9. The van der Waals surface area contributed by atoms with Crippen LogP contribution >= 0.6 is 0 Å². The number of rotatable bonds is 4. The summed E-state index contributed by atoms with van der Waals surface area (Å²) in [5, 5.41) is 9.05. The van der Waals surface area contributed by atoms with E-state index < -0.39 is 5.97 Å². The smallest absolute Gasteiger partial charge is 0.306 e. The van der Waals surface area contributed by atoms with E-state index in [2.05, 4.69) is 22.1 Å². The number of nitrogens with two attached hydrogens (primary N) is 1. The van der Waals surface area contributed by atoms with Crippen LogP contribution < -0.4 is 10.6 Å². The number of hydrogen-bond acceptors (Lipinski definition) is 4. The van der Waals surface area contributed by atoms with Crippen LogP contribution in [-0.4, -0.2) is 40.1 Å². The summed E-state index contributed by atoms with van der Waals surface area (Å²) in [6, 6.07) is 4.05. The molecular formula is C15H20N4O2. The number of hydrogen-bond donors (Lipinski definition) is 2. The topological polar surface area (TPSA) is 83.9 Å². The van der Waals surface area contributed by atoms with E-state index in [4.69, 9.17) is 10.8 Å². The third kappa shape index (κ3) is 2.85. The molecule has 21 heavy (non-hydrogen) atoms. The van der Waals surface area contributed by atoms with Gasteiger partial charge in [0, 0.05) is 31.9 Å². The molecule has 0 bridgehead atoms. The molecule has 1 saturated heterocycles. The van der Waals surface area contributed by atoms with Gasteiger partial charge >= 0.3 is 5.97 Å². The van der Waals surface area contributed by atoms with Crippen molar-refractivity contribution in [1.29, 1.82) is 0 Å². The highest BCUT2D eigenvalue weighted by atomic mass is 16.4. The van der Waals surface area contributed by atoms with E-state index >= 15 is 0 Å². The highest BCUT2D eigenvalue weighted by Gasteiger charge is 2.24. The number of imidazole rings is 1. The Morgan fingerprint density at radius 3 is 2.76 bits per heavy atom. The zero-order chi connectivity index (χ0) is 14.8. The van der Waals surface area contributed by atoms with Crippen molar-refractivity contribution < 1.29 is 9.90 Å². The largest absolute Gasteiger partial charge is 0.481 e. The molecule has 6 nitrogen and oxygen atoms in total. The molecule has 0 spiro atoms. The maximum atomic E-state index is 11.0. The van der Waals surface area contributed by atoms with Gasteiger partial charge in [-0.25, -0.2) is 4.98 Å². The van der Waals surface area contributed by atoms with Crippen LogP contribution in [0.1, 0.15) is 18.5 Å². The van der Waals surface area contributed by atoms with Crippen LogP contribution in [0.2, 0.25) is 0 Å². The number of piperidine rings is 1. The number of carboxylic acid groups (broad SMARTS) is 1. The third-order valence-corrected chi connectivity index (χ3v) is 4.10. The van der Waals surface area contributed by atoms with E-state index in [9.17, 15) is 4.79 Å². The van der Waals surface area contributed by atoms with Crippen LogP contribution in [0.15, 0.2) is 24.5 Å². The van der Waals surface area contributed by atoms with Crippen molar-refractivity contribution in [2.45, 2.75) is 19.3 Å². The molecule has 6 heteroatoms. The van der Waals surface area contributed by atoms with Crippen molar-refractivity contribution in [3.63, 3.8) is 0 Å². The van der Waals surface area contributed by atoms with Gasteiger partial charge in [-0.15, -0.1) is 0 Å². The number of pyridine rings is 1. The second-order valence-electron chi connectivity index (χ2n) is 5.52. The van der Waals surface area contributed by atoms with E-state index in [1.165, 1.54) is 0 Å². The Hall–Kier alpha value is -2.08. The van der Waals surface area contributed by atoms with Gasteiger partial charge in [0.15, 0.2) is 0 Å². The first-order valence-electron chi connectivity index (χ1n) is 7.33. The van der Waals surface area contributed by atoms with Gasteiger partial charge in [0.25, 0.3) is 0 Å². The number of nitrogens with zero attached hydrogens (tertiary/aromatic N) is 3. The van der Waals surface area contributed by atoms with Gasteiger partial charge in [-0.2, -0.15) is 0 Å². The van der Waals surface area contributed by atoms with Crippen LogP contribution in [0.25, 0.3) is 5.65 Å². The van der Waals surface area contributed by atoms with Gasteiger partial charge in [-0.3, -0.25) is 4.79 Å². The van der Waals surface area contributed by atoms with Crippen molar-refractivity contribution in [3.05, 3.63) is 30.2 Å². The molecule has 2 aromatic heterocycles. The van der Waals surface area contributed by atoms with Gasteiger partial charge in [0.2, 0.25) is 0 Å². The lowest BCUT2D eigenvalue weighted by atomic mass is 9.97. The van der Waals surface area contributed by atoms with E-state index in [1.807, 2.05) is 16.7 Å². The molecule has 3 heterocycles. The molecule has 3 N–H and O–H groups in total. The van der Waals surface area contributed by atoms with Crippen LogP contribution in [0.5, 0.6) is 0 Å². The summed E-state index contributed by atoms with van der Waals surface area (Å²) in [5.41, 5.74) is 8.59. The van der Waals surface area contributed by atoms with Crippen LogP contribution in [0.3, 0.4) is 0 Å². The molecule has 1 aliphatic rings. The minimum Gasteiger partial charge on any atom is -0.481 e. The quantitative estimate of drug-likeness (QED) is 0.881. The zero-order valence-corrected chi connectivity index (χ0v) is 11.9. The van der Waals surface area contributed by atoms with Crippen molar-refractivity contribution >= 4 is 17.3 Å². The fourth-order valence-corrected chi connectivity index (χ4v) is 2.87. The summed E-state index contributed by atoms with van der Waals surface area (Å²) in [7, 11) is 0. The normalized spacial score (nSPS) is 16.5. The lowest BCUT2D eigenvalue weighted by molar-refractivity contribution is -0.142. The second kappa shape index (κ2) is 5.73. The maximum absolute atomic E-state index is 11.0. The number of carbonyl (C=O) groups is 1. The van der Waals surface area contributed by atoms with E-state index in [0.29, 0.717) is 19.4 Å². The van der Waals surface area contributed by atoms with Gasteiger partial charge in [0.1, 0.15) is 5.65 Å². The molecular weight excluding hydrogens is 268 g/mol. The predicted molar refractivity (Wildman–Crippen MR) is 80.5 cm³/mol. The summed E-state index contributed by atoms with van der Waals surface area (Å²) in [5.74, 6) is -0.875. The molecule has 0 amide bonds. The number of fused-ring (bicyclic) bond motifs is 1. The highest BCUT2D eigenvalue weighted by molar-refractivity contribution is 5.70. The SMILES string of the molecule is NCCc1cn2cc(N3CCC(C(=O)O)CC3)ccc2n1. The number of carboxylic acids is 1. The molecule has 3 rings (SSSR count). The summed E-state index contributed by atoms with van der Waals surface area (Å²) < 4.78 is 2.02. The predicted octanol–water partition coefficient (Wildman–Crippen LogP) is 1.14. The number of anilines is 1. The number of aliphatic carboxylic acids is 1. The lowest BCUT2D eigenvalue weighted by Crippen LogP contribution is -2.36. The van der Waals surface area contributed by atoms with E-state index in [1.54, 1.807) is 0 Å². The molecule has 0 atom stereocenters. The Morgan fingerprint density at radius 2 is 2.10 bits per heavy atom. The maximum Gasteiger partial charge on any atom is 0.306 e. The van der Waals surface area contributed by atoms with Crippen LogP contribution in [0.4, 0.5) is 5.69 Å². The fourth-order valence-electron chi connectivity index (χ4n) is 2.87. The van der Waals surface area contributed by atoms with Crippen LogP contribution in [0, 0.1) is 5.92 Å². The minimum absolute atomic E-state index is 0.200. The van der Waals surface area contributed by atoms with Gasteiger partial charge < -0.3 is 20.1 Å². The summed E-state index contributed by atoms with van der Waals surface area (Å²) in [6.07, 6.45) is 6.26. The number of aromatic nitrogens is 2. The Balaban J connectivity index is 1.77. The van der Waals surface area contributed by atoms with Crippen LogP contribution in [-0.2, 0) is 11.2 Å². The van der Waals surface area contributed by atoms with Crippen molar-refractivity contribution in [2.75, 3.05) is 24.5 Å². The summed E-state index contributed by atoms with van der Waals surface area (Å²) in [6.45, 7) is 2.17. The Morgan fingerprint density at radius 1 is 1.33 bits per heavy atom. The van der Waals surface area contributed by atoms with Crippen molar-refractivity contribution in [1.82, 2.24) is 9.38 Å². The molecule has 2 aromatic rings. The molecule has 0 aromatic carbocycles. The first-order valence-corrected chi connectivity index (χ1v) is 7.33. The Labute approximate surface area is 123 Å². The van der Waals surface area contributed by atoms with Gasteiger partial charge in [-0.05, 0) is 31.5 Å². The molecule has 112 valence electrons. The summed E-state index contributed by atoms with van der Waals surface area (Å²) in [4.78, 5) is 17.7. The third-order valence-electron chi connectivity index (χ3n) is 4.10. The molecule has 0 saturated carbocycles. The van der Waals surface area contributed by atoms with Gasteiger partial charge in [-0.1, -0.05) is 0 Å². The standard InChI is InChI=1S/C15H20N4O2/c16-6-3-12-9-19-10-13(1-2-14(19)17-12)18-7-4-11(5-8-18)15(20)21/h1-2,9-11H,3-8,16H2,(H,20,21). The van der Waals surface area contributed by atoms with E-state index in [-0.39, 0.29) is 5.92 Å². The molecule has 0 unspecified atom stereocenters. The fraction of sp³-hybridized carbons (Fsp3) is 0.467. The second-order valence-corrected chi connectivity index (χ2v) is 5.52. The van der Waals surface area contributed by atoms with Crippen molar-refractivity contribution in [2.24, 2.45) is 11.7 Å². The molecule has 1 fully saturated rings. The average Bonchev–Trinajstić information content (AvgIpc) is 2.89. The Kier molecular flexibility index (Phi) is 3.79. The summed E-state index contributed by atoms with van der Waals surface area (Å²) >= 11 is 0. The van der Waals surface area contributed by atoms with Gasteiger partial charge in [0.05, 0.1) is 17.3 Å². The minimum atomic E-state index is -0.675. The molecule has 0 aliphatic carbocycles.